The number of carbonyl (C=O) groups excluding carboxylic acids is 5. The van der Waals surface area contributed by atoms with Crippen LogP contribution in [0.4, 0.5) is 4.79 Å². The summed E-state index contributed by atoms with van der Waals surface area (Å²) in [6, 6.07) is 10.2. The molecule has 4 rings (SSSR count). The minimum Gasteiger partial charge on any atom is -0.432 e. The van der Waals surface area contributed by atoms with Crippen molar-refractivity contribution in [3.63, 3.8) is 0 Å². The van der Waals surface area contributed by atoms with Crippen molar-refractivity contribution in [3.05, 3.63) is 79.5 Å². The number of imide groups is 1. The van der Waals surface area contributed by atoms with Gasteiger partial charge in [0.2, 0.25) is 0 Å². The number of hydrogen-bond acceptors (Lipinski definition) is 15. The molecule has 2 N–H and O–H groups in total. The van der Waals surface area contributed by atoms with Gasteiger partial charge in [0, 0.05) is 65.9 Å². The van der Waals surface area contributed by atoms with Crippen LogP contribution < -0.4 is 10.6 Å². The Balaban J connectivity index is 1.28. The molecule has 1 fully saturated rings. The summed E-state index contributed by atoms with van der Waals surface area (Å²) < 4.78 is 37.8. The molecule has 1 saturated heterocycles. The molecule has 1 aliphatic heterocycles. The molecule has 2 aromatic rings. The summed E-state index contributed by atoms with van der Waals surface area (Å²) in [7, 11) is 0. The van der Waals surface area contributed by atoms with Crippen LogP contribution in [0.25, 0.3) is 32.0 Å². The predicted octanol–water partition coefficient (Wildman–Crippen LogP) is 3.20. The van der Waals surface area contributed by atoms with Crippen LogP contribution in [-0.2, 0) is 47.6 Å². The first-order valence-corrected chi connectivity index (χ1v) is 18.9. The van der Waals surface area contributed by atoms with E-state index in [-0.39, 0.29) is 70.7 Å². The van der Waals surface area contributed by atoms with Gasteiger partial charge < -0.3 is 43.8 Å². The zero-order valence-corrected chi connectivity index (χ0v) is 32.4. The highest BCUT2D eigenvalue weighted by Gasteiger charge is 2.35. The molecule has 22 heteroatoms. The number of fused-ring (bicyclic) bond motifs is 3. The first-order valence-electron chi connectivity index (χ1n) is 18.9. The van der Waals surface area contributed by atoms with Gasteiger partial charge in [-0.25, -0.2) is 4.79 Å². The lowest BCUT2D eigenvalue weighted by Crippen LogP contribution is -2.32. The van der Waals surface area contributed by atoms with E-state index in [2.05, 4.69) is 30.7 Å². The van der Waals surface area contributed by atoms with Crippen LogP contribution in [-0.4, -0.2) is 147 Å². The molecule has 4 amide bonds. The van der Waals surface area contributed by atoms with E-state index in [1.165, 1.54) is 0 Å². The van der Waals surface area contributed by atoms with Crippen molar-refractivity contribution in [1.82, 2.24) is 15.7 Å². The van der Waals surface area contributed by atoms with Crippen molar-refractivity contribution in [2.75, 3.05) is 112 Å². The Kier molecular flexibility index (Phi) is 20.4. The fraction of sp³-hybridized carbons (Fsp3) is 0.541. The van der Waals surface area contributed by atoms with Gasteiger partial charge in [0.1, 0.15) is 6.61 Å². The van der Waals surface area contributed by atoms with Crippen LogP contribution in [0.2, 0.25) is 0 Å². The van der Waals surface area contributed by atoms with E-state index in [1.807, 2.05) is 0 Å². The molecule has 0 atom stereocenters. The summed E-state index contributed by atoms with van der Waals surface area (Å²) in [5.74, 6) is -2.69. The number of benzene rings is 2. The Hall–Kier alpha value is -5.83. The lowest BCUT2D eigenvalue weighted by molar-refractivity contribution is -0.177. The molecule has 0 aromatic heterocycles. The monoisotopic (exact) mass is 825 g/mol. The number of ether oxygens (including phenoxy) is 7. The minimum absolute atomic E-state index is 0.0792. The number of carbonyl (C=O) groups is 5. The highest BCUT2D eigenvalue weighted by atomic mass is 16.8. The fourth-order valence-corrected chi connectivity index (χ4v) is 5.79. The zero-order valence-electron chi connectivity index (χ0n) is 32.4. The maximum absolute atomic E-state index is 13.2. The highest BCUT2D eigenvalue weighted by molar-refractivity contribution is 6.01. The molecule has 1 heterocycles. The largest absolute Gasteiger partial charge is 0.533 e. The highest BCUT2D eigenvalue weighted by Crippen LogP contribution is 2.45. The molecule has 0 spiro atoms. The van der Waals surface area contributed by atoms with Crippen LogP contribution in [0.15, 0.2) is 46.6 Å². The SMILES string of the molecule is [N-]=[N+]=NCCOCCOCCOCCNC(=O)c1ccc2c(c1)C(COC(=O)ON1C(=O)CCC1=O)c1cc(C(=O)NCCOCCOCCOCCN=[N+]=[N-])ccc1-2. The standard InChI is InChI=1S/C37H47N9O13/c38-44-42-9-13-54-17-21-56-19-15-52-11-7-40-35(49)26-1-3-28-29-4-2-27(36(50)41-8-12-53-16-20-57-22-18-55-14-10-43-45-39)24-31(29)32(30(28)23-26)25-58-37(51)59-46-33(47)5-6-34(46)48/h1-4,23-24,32H,5-22,25H2,(H,40,49)(H,41,50). The molecule has 2 aromatic carbocycles. The summed E-state index contributed by atoms with van der Waals surface area (Å²) in [5, 5.41) is 12.8. The Labute approximate surface area is 338 Å². The predicted molar refractivity (Wildman–Crippen MR) is 205 cm³/mol. The number of hydroxylamine groups is 2. The van der Waals surface area contributed by atoms with Gasteiger partial charge in [0.05, 0.1) is 79.3 Å². The van der Waals surface area contributed by atoms with Crippen LogP contribution in [0.5, 0.6) is 0 Å². The zero-order chi connectivity index (χ0) is 42.1. The first kappa shape index (κ1) is 45.9. The average Bonchev–Trinajstić information content (AvgIpc) is 3.73. The van der Waals surface area contributed by atoms with E-state index in [0.717, 1.165) is 11.1 Å². The van der Waals surface area contributed by atoms with Gasteiger partial charge >= 0.3 is 6.16 Å². The van der Waals surface area contributed by atoms with E-state index < -0.39 is 23.9 Å². The van der Waals surface area contributed by atoms with Crippen molar-refractivity contribution < 1.29 is 62.0 Å². The van der Waals surface area contributed by atoms with Gasteiger partial charge in [-0.15, -0.1) is 0 Å². The third kappa shape index (κ3) is 15.5. The summed E-state index contributed by atoms with van der Waals surface area (Å²) in [6.07, 6.45) is -1.41. The van der Waals surface area contributed by atoms with Crippen LogP contribution >= 0.6 is 0 Å². The number of rotatable bonds is 29. The molecule has 59 heavy (non-hydrogen) atoms. The number of nitrogens with zero attached hydrogens (tertiary/aromatic N) is 7. The van der Waals surface area contributed by atoms with E-state index in [4.69, 9.17) is 49.1 Å². The second kappa shape index (κ2) is 26.2. The topological polar surface area (TPSA) is 284 Å². The minimum atomic E-state index is -1.26. The molecule has 22 nitrogen and oxygen atoms in total. The molecule has 0 unspecified atom stereocenters. The van der Waals surface area contributed by atoms with Gasteiger partial charge in [-0.05, 0) is 57.6 Å². The Morgan fingerprint density at radius 3 is 1.46 bits per heavy atom. The molecule has 0 saturated carbocycles. The van der Waals surface area contributed by atoms with Crippen LogP contribution in [0.1, 0.15) is 50.6 Å². The quantitative estimate of drug-likeness (QED) is 0.0298. The first-order chi connectivity index (χ1) is 28.8. The van der Waals surface area contributed by atoms with Crippen molar-refractivity contribution in [2.45, 2.75) is 18.8 Å². The second-order valence-corrected chi connectivity index (χ2v) is 12.5. The van der Waals surface area contributed by atoms with Gasteiger partial charge in [-0.1, -0.05) is 27.4 Å². The van der Waals surface area contributed by atoms with E-state index in [0.29, 0.717) is 93.4 Å². The fourth-order valence-electron chi connectivity index (χ4n) is 5.79. The van der Waals surface area contributed by atoms with Crippen LogP contribution in [0.3, 0.4) is 0 Å². The average molecular weight is 826 g/mol. The smallest absolute Gasteiger partial charge is 0.432 e. The van der Waals surface area contributed by atoms with E-state index in [9.17, 15) is 24.0 Å². The molecule has 2 aliphatic rings. The number of azide groups is 2. The number of nitrogens with one attached hydrogen (secondary N) is 2. The molecule has 1 aliphatic carbocycles. The lowest BCUT2D eigenvalue weighted by atomic mass is 9.95. The second-order valence-electron chi connectivity index (χ2n) is 12.5. The van der Waals surface area contributed by atoms with Gasteiger partial charge in [0.25, 0.3) is 23.6 Å². The summed E-state index contributed by atoms with van der Waals surface area (Å²) in [5.41, 5.74) is 20.0. The number of hydrogen-bond donors (Lipinski definition) is 2. The third-order valence-electron chi connectivity index (χ3n) is 8.56. The molecule has 0 radical (unpaired) electrons. The normalized spacial score (nSPS) is 13.9. The van der Waals surface area contributed by atoms with Gasteiger partial charge in [-0.2, -0.15) is 0 Å². The van der Waals surface area contributed by atoms with Crippen LogP contribution in [0, 0.1) is 0 Å². The number of amides is 4. The summed E-state index contributed by atoms with van der Waals surface area (Å²) in [4.78, 5) is 73.1. The molecule has 318 valence electrons. The van der Waals surface area contributed by atoms with Gasteiger partial charge in [-0.3, -0.25) is 24.0 Å². The third-order valence-corrected chi connectivity index (χ3v) is 8.56. The summed E-state index contributed by atoms with van der Waals surface area (Å²) in [6.45, 7) is 4.45. The van der Waals surface area contributed by atoms with Crippen molar-refractivity contribution in [3.8, 4) is 11.1 Å². The molecular formula is C37H47N9O13. The maximum Gasteiger partial charge on any atom is 0.533 e. The molecule has 0 bridgehead atoms. The van der Waals surface area contributed by atoms with Crippen molar-refractivity contribution in [2.24, 2.45) is 10.2 Å². The molecular weight excluding hydrogens is 778 g/mol. The Morgan fingerprint density at radius 2 is 1.03 bits per heavy atom. The maximum atomic E-state index is 13.2. The van der Waals surface area contributed by atoms with E-state index >= 15 is 0 Å². The van der Waals surface area contributed by atoms with E-state index in [1.54, 1.807) is 36.4 Å². The Bertz CT molecular complexity index is 1720. The lowest BCUT2D eigenvalue weighted by Gasteiger charge is -2.17. The van der Waals surface area contributed by atoms with Gasteiger partial charge in [0.15, 0.2) is 0 Å². The Morgan fingerprint density at radius 1 is 0.627 bits per heavy atom. The van der Waals surface area contributed by atoms with Crippen molar-refractivity contribution in [1.29, 1.82) is 0 Å². The summed E-state index contributed by atoms with van der Waals surface area (Å²) >= 11 is 0. The van der Waals surface area contributed by atoms with Crippen molar-refractivity contribution >= 4 is 29.8 Å².